The highest BCUT2D eigenvalue weighted by Crippen LogP contribution is 2.45. The molecule has 1 saturated heterocycles. The van der Waals surface area contributed by atoms with Crippen LogP contribution in [0, 0.1) is 0 Å². The lowest BCUT2D eigenvalue weighted by atomic mass is 9.76. The number of aliphatic hydroxyl groups excluding tert-OH is 1. The summed E-state index contributed by atoms with van der Waals surface area (Å²) in [7, 11) is 3.28. The monoisotopic (exact) mass is 379 g/mol. The van der Waals surface area contributed by atoms with E-state index in [9.17, 15) is 5.11 Å². The molecule has 3 rings (SSSR count). The smallest absolute Gasteiger partial charge is 0.125 e. The van der Waals surface area contributed by atoms with Crippen molar-refractivity contribution in [2.24, 2.45) is 0 Å². The summed E-state index contributed by atoms with van der Waals surface area (Å²) >= 11 is 0. The summed E-state index contributed by atoms with van der Waals surface area (Å²) < 4.78 is 17.4. The number of nitrogens with one attached hydrogen (secondary N) is 1. The van der Waals surface area contributed by atoms with Gasteiger partial charge in [-0.05, 0) is 23.8 Å². The van der Waals surface area contributed by atoms with Gasteiger partial charge in [0.25, 0.3) is 0 Å². The maximum absolute atomic E-state index is 10.3. The number of aliphatic hydroxyl groups is 1. The first-order chi connectivity index (χ1) is 12.2. The number of benzene rings is 2. The predicted octanol–water partition coefficient (Wildman–Crippen LogP) is 2.72. The van der Waals surface area contributed by atoms with Gasteiger partial charge in [0.15, 0.2) is 0 Å². The van der Waals surface area contributed by atoms with Gasteiger partial charge in [-0.2, -0.15) is 0 Å². The molecular formula is C20H26ClNO4. The normalized spacial score (nSPS) is 20.7. The highest BCUT2D eigenvalue weighted by Gasteiger charge is 2.45. The van der Waals surface area contributed by atoms with Crippen LogP contribution in [0.2, 0.25) is 0 Å². The summed E-state index contributed by atoms with van der Waals surface area (Å²) in [6.45, 7) is 1.88. The molecule has 1 aliphatic heterocycles. The first-order valence-corrected chi connectivity index (χ1v) is 8.48. The highest BCUT2D eigenvalue weighted by molar-refractivity contribution is 5.85. The SMILES string of the molecule is COc1ccc(OC)c(C2(C(CO)c3ccccc3)CNCCO2)c1.Cl. The minimum absolute atomic E-state index is 0. The van der Waals surface area contributed by atoms with E-state index >= 15 is 0 Å². The summed E-state index contributed by atoms with van der Waals surface area (Å²) in [6, 6.07) is 15.7. The number of rotatable bonds is 6. The molecule has 0 saturated carbocycles. The van der Waals surface area contributed by atoms with E-state index in [1.807, 2.05) is 48.5 Å². The lowest BCUT2D eigenvalue weighted by Gasteiger charge is -2.44. The van der Waals surface area contributed by atoms with Gasteiger partial charge >= 0.3 is 0 Å². The van der Waals surface area contributed by atoms with Crippen molar-refractivity contribution in [3.8, 4) is 11.5 Å². The molecule has 1 fully saturated rings. The fraction of sp³-hybridized carbons (Fsp3) is 0.400. The molecule has 0 amide bonds. The summed E-state index contributed by atoms with van der Waals surface area (Å²) in [6.07, 6.45) is 0. The molecule has 26 heavy (non-hydrogen) atoms. The largest absolute Gasteiger partial charge is 0.497 e. The van der Waals surface area contributed by atoms with Gasteiger partial charge in [0.1, 0.15) is 17.1 Å². The average molecular weight is 380 g/mol. The number of hydrogen-bond donors (Lipinski definition) is 2. The molecule has 0 aliphatic carbocycles. The maximum atomic E-state index is 10.3. The molecule has 2 atom stereocenters. The van der Waals surface area contributed by atoms with Crippen LogP contribution in [0.5, 0.6) is 11.5 Å². The van der Waals surface area contributed by atoms with E-state index in [1.54, 1.807) is 14.2 Å². The summed E-state index contributed by atoms with van der Waals surface area (Å²) in [5.74, 6) is 1.22. The van der Waals surface area contributed by atoms with E-state index < -0.39 is 5.60 Å². The number of morpholine rings is 1. The number of hydrogen-bond acceptors (Lipinski definition) is 5. The van der Waals surface area contributed by atoms with Crippen LogP contribution in [-0.2, 0) is 10.3 Å². The molecule has 2 aromatic rings. The fourth-order valence-electron chi connectivity index (χ4n) is 3.57. The Bertz CT molecular complexity index is 689. The van der Waals surface area contributed by atoms with Crippen molar-refractivity contribution in [2.45, 2.75) is 11.5 Å². The van der Waals surface area contributed by atoms with E-state index in [2.05, 4.69) is 5.32 Å². The molecule has 5 nitrogen and oxygen atoms in total. The molecular weight excluding hydrogens is 354 g/mol. The Morgan fingerprint density at radius 3 is 2.50 bits per heavy atom. The van der Waals surface area contributed by atoms with Crippen molar-refractivity contribution in [1.29, 1.82) is 0 Å². The minimum atomic E-state index is -0.742. The van der Waals surface area contributed by atoms with Crippen molar-refractivity contribution >= 4 is 12.4 Å². The van der Waals surface area contributed by atoms with Crippen LogP contribution in [0.3, 0.4) is 0 Å². The zero-order valence-electron chi connectivity index (χ0n) is 15.1. The number of halogens is 1. The summed E-state index contributed by atoms with van der Waals surface area (Å²) in [5, 5.41) is 13.7. The first-order valence-electron chi connectivity index (χ1n) is 8.48. The quantitative estimate of drug-likeness (QED) is 0.808. The zero-order valence-corrected chi connectivity index (χ0v) is 15.9. The Labute approximate surface area is 160 Å². The molecule has 0 spiro atoms. The maximum Gasteiger partial charge on any atom is 0.125 e. The molecule has 2 N–H and O–H groups in total. The van der Waals surface area contributed by atoms with Gasteiger partial charge in [0.05, 0.1) is 27.4 Å². The molecule has 6 heteroatoms. The Morgan fingerprint density at radius 2 is 1.92 bits per heavy atom. The van der Waals surface area contributed by atoms with Crippen LogP contribution in [0.25, 0.3) is 0 Å². The molecule has 2 unspecified atom stereocenters. The second kappa shape index (κ2) is 9.24. The Kier molecular flexibility index (Phi) is 7.29. The molecule has 2 aromatic carbocycles. The van der Waals surface area contributed by atoms with Crippen molar-refractivity contribution in [1.82, 2.24) is 5.32 Å². The molecule has 0 radical (unpaired) electrons. The Morgan fingerprint density at radius 1 is 1.15 bits per heavy atom. The van der Waals surface area contributed by atoms with E-state index in [4.69, 9.17) is 14.2 Å². The second-order valence-corrected chi connectivity index (χ2v) is 6.13. The van der Waals surface area contributed by atoms with Crippen molar-refractivity contribution in [3.05, 3.63) is 59.7 Å². The van der Waals surface area contributed by atoms with Crippen LogP contribution >= 0.6 is 12.4 Å². The first kappa shape index (κ1) is 20.5. The van der Waals surface area contributed by atoms with Crippen LogP contribution in [-0.4, -0.2) is 45.6 Å². The molecule has 0 aromatic heterocycles. The molecule has 142 valence electrons. The second-order valence-electron chi connectivity index (χ2n) is 6.13. The average Bonchev–Trinajstić information content (AvgIpc) is 2.69. The van der Waals surface area contributed by atoms with Gasteiger partial charge < -0.3 is 24.6 Å². The Hall–Kier alpha value is -1.79. The highest BCUT2D eigenvalue weighted by atomic mass is 35.5. The van der Waals surface area contributed by atoms with Crippen molar-refractivity contribution in [2.75, 3.05) is 40.5 Å². The number of methoxy groups -OCH3 is 2. The third kappa shape index (κ3) is 3.81. The molecule has 0 bridgehead atoms. The van der Waals surface area contributed by atoms with E-state index in [0.29, 0.717) is 13.2 Å². The van der Waals surface area contributed by atoms with Gasteiger partial charge in [-0.25, -0.2) is 0 Å². The lowest BCUT2D eigenvalue weighted by Crippen LogP contribution is -2.52. The van der Waals surface area contributed by atoms with Crippen LogP contribution in [0.1, 0.15) is 17.0 Å². The third-order valence-electron chi connectivity index (χ3n) is 4.84. The summed E-state index contributed by atoms with van der Waals surface area (Å²) in [4.78, 5) is 0. The number of ether oxygens (including phenoxy) is 3. The van der Waals surface area contributed by atoms with E-state index in [1.165, 1.54) is 0 Å². The zero-order chi connectivity index (χ0) is 17.7. The van der Waals surface area contributed by atoms with Crippen LogP contribution in [0.4, 0.5) is 0 Å². The van der Waals surface area contributed by atoms with Crippen molar-refractivity contribution < 1.29 is 19.3 Å². The van der Waals surface area contributed by atoms with Gasteiger partial charge in [0, 0.05) is 24.6 Å². The standard InChI is InChI=1S/C20H25NO4.ClH/c1-23-16-8-9-19(24-2)17(12-16)20(14-21-10-11-25-20)18(13-22)15-6-4-3-5-7-15;/h3-9,12,18,21-22H,10-11,13-14H2,1-2H3;1H. The predicted molar refractivity (Wildman–Crippen MR) is 104 cm³/mol. The minimum Gasteiger partial charge on any atom is -0.497 e. The Balaban J connectivity index is 0.00000243. The molecule has 1 heterocycles. The fourth-order valence-corrected chi connectivity index (χ4v) is 3.57. The van der Waals surface area contributed by atoms with Crippen LogP contribution < -0.4 is 14.8 Å². The summed E-state index contributed by atoms with van der Waals surface area (Å²) in [5.41, 5.74) is 1.16. The van der Waals surface area contributed by atoms with Gasteiger partial charge in [-0.1, -0.05) is 30.3 Å². The van der Waals surface area contributed by atoms with Gasteiger partial charge in [-0.15, -0.1) is 12.4 Å². The third-order valence-corrected chi connectivity index (χ3v) is 4.84. The van der Waals surface area contributed by atoms with Gasteiger partial charge in [0.2, 0.25) is 0 Å². The van der Waals surface area contributed by atoms with Crippen LogP contribution in [0.15, 0.2) is 48.5 Å². The van der Waals surface area contributed by atoms with E-state index in [0.717, 1.165) is 29.2 Å². The van der Waals surface area contributed by atoms with Gasteiger partial charge in [-0.3, -0.25) is 0 Å². The molecule has 1 aliphatic rings. The topological polar surface area (TPSA) is 60.0 Å². The van der Waals surface area contributed by atoms with Crippen molar-refractivity contribution in [3.63, 3.8) is 0 Å². The van der Waals surface area contributed by atoms with E-state index in [-0.39, 0.29) is 24.9 Å². The lowest BCUT2D eigenvalue weighted by molar-refractivity contribution is -0.100.